The van der Waals surface area contributed by atoms with Crippen LogP contribution in [0.25, 0.3) is 0 Å². The quantitative estimate of drug-likeness (QED) is 0.800. The number of hydrogen-bond acceptors (Lipinski definition) is 5. The molecule has 0 spiro atoms. The fourth-order valence-electron chi connectivity index (χ4n) is 1.72. The number of aryl methyl sites for hydroxylation is 1. The number of nitrogens with zero attached hydrogens (tertiary/aromatic N) is 3. The van der Waals surface area contributed by atoms with Crippen LogP contribution in [0.3, 0.4) is 0 Å². The van der Waals surface area contributed by atoms with Crippen molar-refractivity contribution in [1.82, 2.24) is 15.3 Å². The zero-order valence-corrected chi connectivity index (χ0v) is 12.1. The number of nitrogens with one attached hydrogen (secondary N) is 1. The minimum absolute atomic E-state index is 0.0212. The van der Waals surface area contributed by atoms with Crippen LogP contribution in [0.15, 0.2) is 6.07 Å². The topological polar surface area (TPSA) is 84.1 Å². The Morgan fingerprint density at radius 1 is 1.42 bits per heavy atom. The molecule has 0 saturated carbocycles. The first-order chi connectivity index (χ1) is 8.96. The number of rotatable bonds is 6. The first-order valence-electron chi connectivity index (χ1n) is 6.64. The molecule has 1 aromatic rings. The standard InChI is InChI=1S/C13H23N5O/c1-5-11-16-10(14)7-12(17-11)18(6-2)8-13(19)15-9(3)4/h7,9H,5-6,8H2,1-4H3,(H,15,19)(H2,14,16,17). The number of hydrogen-bond donors (Lipinski definition) is 2. The van der Waals surface area contributed by atoms with Crippen LogP contribution in [0.2, 0.25) is 0 Å². The third-order valence-electron chi connectivity index (χ3n) is 2.58. The lowest BCUT2D eigenvalue weighted by molar-refractivity contribution is -0.120. The Balaban J connectivity index is 2.84. The Morgan fingerprint density at radius 2 is 2.11 bits per heavy atom. The zero-order chi connectivity index (χ0) is 14.4. The van der Waals surface area contributed by atoms with Crippen LogP contribution >= 0.6 is 0 Å². The molecule has 3 N–H and O–H groups in total. The highest BCUT2D eigenvalue weighted by Crippen LogP contribution is 2.14. The molecule has 0 aliphatic heterocycles. The molecule has 0 aliphatic carbocycles. The molecular formula is C13H23N5O. The predicted molar refractivity (Wildman–Crippen MR) is 77.0 cm³/mol. The normalized spacial score (nSPS) is 10.6. The van der Waals surface area contributed by atoms with Gasteiger partial charge in [-0.1, -0.05) is 6.92 Å². The summed E-state index contributed by atoms with van der Waals surface area (Å²) in [7, 11) is 0. The summed E-state index contributed by atoms with van der Waals surface area (Å²) in [6.07, 6.45) is 0.716. The molecule has 0 unspecified atom stereocenters. The van der Waals surface area contributed by atoms with E-state index in [1.807, 2.05) is 32.6 Å². The number of likely N-dealkylation sites (N-methyl/N-ethyl adjacent to an activating group) is 1. The summed E-state index contributed by atoms with van der Waals surface area (Å²) in [5.41, 5.74) is 5.76. The van der Waals surface area contributed by atoms with Crippen molar-refractivity contribution in [2.75, 3.05) is 23.7 Å². The van der Waals surface area contributed by atoms with Gasteiger partial charge < -0.3 is 16.0 Å². The number of anilines is 2. The average Bonchev–Trinajstić information content (AvgIpc) is 2.34. The number of amides is 1. The Labute approximate surface area is 114 Å². The van der Waals surface area contributed by atoms with Crippen molar-refractivity contribution < 1.29 is 4.79 Å². The minimum Gasteiger partial charge on any atom is -0.384 e. The van der Waals surface area contributed by atoms with Gasteiger partial charge >= 0.3 is 0 Å². The van der Waals surface area contributed by atoms with Crippen LogP contribution in [-0.4, -0.2) is 35.0 Å². The lowest BCUT2D eigenvalue weighted by Crippen LogP contribution is -2.40. The summed E-state index contributed by atoms with van der Waals surface area (Å²) in [6, 6.07) is 1.83. The van der Waals surface area contributed by atoms with Gasteiger partial charge in [0.2, 0.25) is 5.91 Å². The molecule has 1 heterocycles. The summed E-state index contributed by atoms with van der Waals surface area (Å²) in [4.78, 5) is 22.2. The lowest BCUT2D eigenvalue weighted by Gasteiger charge is -2.22. The fraction of sp³-hybridized carbons (Fsp3) is 0.615. The molecule has 6 nitrogen and oxygen atoms in total. The second-order valence-corrected chi connectivity index (χ2v) is 4.66. The maximum absolute atomic E-state index is 11.8. The van der Waals surface area contributed by atoms with Crippen LogP contribution in [-0.2, 0) is 11.2 Å². The molecule has 0 bridgehead atoms. The summed E-state index contributed by atoms with van der Waals surface area (Å²) in [5.74, 6) is 1.81. The van der Waals surface area contributed by atoms with E-state index in [4.69, 9.17) is 5.73 Å². The van der Waals surface area contributed by atoms with Crippen molar-refractivity contribution in [3.63, 3.8) is 0 Å². The smallest absolute Gasteiger partial charge is 0.239 e. The van der Waals surface area contributed by atoms with E-state index >= 15 is 0 Å². The van der Waals surface area contributed by atoms with Crippen molar-refractivity contribution >= 4 is 17.5 Å². The Kier molecular flexibility index (Phi) is 5.54. The third-order valence-corrected chi connectivity index (χ3v) is 2.58. The molecule has 6 heteroatoms. The van der Waals surface area contributed by atoms with Crippen molar-refractivity contribution in [3.05, 3.63) is 11.9 Å². The molecule has 1 rings (SSSR count). The number of carbonyl (C=O) groups is 1. The number of carbonyl (C=O) groups excluding carboxylic acids is 1. The molecule has 19 heavy (non-hydrogen) atoms. The molecule has 0 aromatic carbocycles. The molecule has 0 saturated heterocycles. The molecular weight excluding hydrogens is 242 g/mol. The molecule has 0 fully saturated rings. The zero-order valence-electron chi connectivity index (χ0n) is 12.1. The molecule has 0 aliphatic rings. The van der Waals surface area contributed by atoms with Gasteiger partial charge in [-0.05, 0) is 20.8 Å². The van der Waals surface area contributed by atoms with Gasteiger partial charge in [0.1, 0.15) is 17.5 Å². The Morgan fingerprint density at radius 3 is 2.63 bits per heavy atom. The second kappa shape index (κ2) is 6.92. The van der Waals surface area contributed by atoms with Gasteiger partial charge in [-0.25, -0.2) is 9.97 Å². The van der Waals surface area contributed by atoms with E-state index in [0.717, 1.165) is 0 Å². The summed E-state index contributed by atoms with van der Waals surface area (Å²) in [5, 5.41) is 2.87. The van der Waals surface area contributed by atoms with Crippen LogP contribution < -0.4 is 16.0 Å². The van der Waals surface area contributed by atoms with Crippen LogP contribution in [0.4, 0.5) is 11.6 Å². The highest BCUT2D eigenvalue weighted by atomic mass is 16.2. The van der Waals surface area contributed by atoms with E-state index < -0.39 is 0 Å². The molecule has 1 aromatic heterocycles. The van der Waals surface area contributed by atoms with Gasteiger partial charge in [-0.3, -0.25) is 4.79 Å². The van der Waals surface area contributed by atoms with Gasteiger partial charge in [-0.15, -0.1) is 0 Å². The average molecular weight is 265 g/mol. The van der Waals surface area contributed by atoms with Gasteiger partial charge in [0.05, 0.1) is 6.54 Å². The molecule has 1 amide bonds. The number of nitrogens with two attached hydrogens (primary N) is 1. The van der Waals surface area contributed by atoms with Gasteiger partial charge in [0.15, 0.2) is 0 Å². The number of nitrogen functional groups attached to an aromatic ring is 1. The van der Waals surface area contributed by atoms with Gasteiger partial charge in [-0.2, -0.15) is 0 Å². The SMILES string of the molecule is CCc1nc(N)cc(N(CC)CC(=O)NC(C)C)n1. The highest BCUT2D eigenvalue weighted by Gasteiger charge is 2.13. The van der Waals surface area contributed by atoms with E-state index in [0.29, 0.717) is 30.4 Å². The lowest BCUT2D eigenvalue weighted by atomic mass is 10.3. The largest absolute Gasteiger partial charge is 0.384 e. The van der Waals surface area contributed by atoms with E-state index in [9.17, 15) is 4.79 Å². The van der Waals surface area contributed by atoms with Crippen molar-refractivity contribution in [1.29, 1.82) is 0 Å². The van der Waals surface area contributed by atoms with Crippen LogP contribution in [0.5, 0.6) is 0 Å². The maximum atomic E-state index is 11.8. The van der Waals surface area contributed by atoms with Crippen LogP contribution in [0.1, 0.15) is 33.5 Å². The monoisotopic (exact) mass is 265 g/mol. The Bertz CT molecular complexity index is 433. The van der Waals surface area contributed by atoms with Crippen LogP contribution in [0, 0.1) is 0 Å². The van der Waals surface area contributed by atoms with Crippen molar-refractivity contribution in [2.24, 2.45) is 0 Å². The first-order valence-corrected chi connectivity index (χ1v) is 6.64. The van der Waals surface area contributed by atoms with E-state index in [1.165, 1.54) is 0 Å². The maximum Gasteiger partial charge on any atom is 0.239 e. The van der Waals surface area contributed by atoms with Crippen molar-refractivity contribution in [2.45, 2.75) is 40.2 Å². The van der Waals surface area contributed by atoms with Crippen molar-refractivity contribution in [3.8, 4) is 0 Å². The van der Waals surface area contributed by atoms with E-state index in [1.54, 1.807) is 6.07 Å². The molecule has 0 radical (unpaired) electrons. The number of aromatic nitrogens is 2. The Hall–Kier alpha value is -1.85. The fourth-order valence-corrected chi connectivity index (χ4v) is 1.72. The highest BCUT2D eigenvalue weighted by molar-refractivity contribution is 5.81. The van der Waals surface area contributed by atoms with E-state index in [2.05, 4.69) is 15.3 Å². The first kappa shape index (κ1) is 15.2. The molecule has 0 atom stereocenters. The second-order valence-electron chi connectivity index (χ2n) is 4.66. The van der Waals surface area contributed by atoms with Gasteiger partial charge in [0, 0.05) is 25.1 Å². The minimum atomic E-state index is -0.0212. The summed E-state index contributed by atoms with van der Waals surface area (Å²) >= 11 is 0. The third kappa shape index (κ3) is 4.73. The van der Waals surface area contributed by atoms with Gasteiger partial charge in [0.25, 0.3) is 0 Å². The summed E-state index contributed by atoms with van der Waals surface area (Å²) < 4.78 is 0. The summed E-state index contributed by atoms with van der Waals surface area (Å²) in [6.45, 7) is 8.78. The predicted octanol–water partition coefficient (Wildman–Crippen LogP) is 0.972. The molecule has 106 valence electrons. The van der Waals surface area contributed by atoms with E-state index in [-0.39, 0.29) is 18.5 Å².